The number of aliphatic hydroxyl groups excluding tert-OH is 1. The zero-order valence-corrected chi connectivity index (χ0v) is 7.79. The molecule has 0 aliphatic heterocycles. The average molecular weight is 166 g/mol. The second-order valence-corrected chi connectivity index (χ2v) is 4.69. The summed E-state index contributed by atoms with van der Waals surface area (Å²) in [7, 11) is 0. The highest BCUT2D eigenvalue weighted by Crippen LogP contribution is 2.47. The first kappa shape index (κ1) is 8.31. The lowest BCUT2D eigenvalue weighted by atomic mass is 9.62. The molecule has 2 aliphatic rings. The highest BCUT2D eigenvalue weighted by atomic mass is 16.3. The zero-order valence-electron chi connectivity index (χ0n) is 7.79. The molecule has 1 heteroatoms. The van der Waals surface area contributed by atoms with E-state index in [1.807, 2.05) is 0 Å². The van der Waals surface area contributed by atoms with E-state index in [0.717, 1.165) is 18.8 Å². The normalized spacial score (nSPS) is 47.2. The van der Waals surface area contributed by atoms with Gasteiger partial charge in [0.25, 0.3) is 0 Å². The lowest BCUT2D eigenvalue weighted by Crippen LogP contribution is -2.37. The molecule has 1 fully saturated rings. The molecule has 0 radical (unpaired) electrons. The van der Waals surface area contributed by atoms with E-state index in [4.69, 9.17) is 0 Å². The fraction of sp³-hybridized carbons (Fsp3) is 0.818. The van der Waals surface area contributed by atoms with Crippen molar-refractivity contribution in [1.29, 1.82) is 0 Å². The third kappa shape index (κ3) is 1.31. The summed E-state index contributed by atoms with van der Waals surface area (Å²) in [5.41, 5.74) is 0.508. The Bertz CT molecular complexity index is 197. The highest BCUT2D eigenvalue weighted by molar-refractivity contribution is 5.03. The largest absolute Gasteiger partial charge is 0.393 e. The van der Waals surface area contributed by atoms with Gasteiger partial charge in [0.05, 0.1) is 6.10 Å². The second kappa shape index (κ2) is 2.88. The van der Waals surface area contributed by atoms with E-state index in [2.05, 4.69) is 19.1 Å². The molecule has 12 heavy (non-hydrogen) atoms. The highest BCUT2D eigenvalue weighted by Gasteiger charge is 2.39. The van der Waals surface area contributed by atoms with Crippen LogP contribution in [0.4, 0.5) is 0 Å². The van der Waals surface area contributed by atoms with Crippen LogP contribution in [0.2, 0.25) is 0 Å². The Hall–Kier alpha value is -0.300. The summed E-state index contributed by atoms with van der Waals surface area (Å²) >= 11 is 0. The minimum Gasteiger partial charge on any atom is -0.393 e. The lowest BCUT2D eigenvalue weighted by Gasteiger charge is -2.44. The lowest BCUT2D eigenvalue weighted by molar-refractivity contribution is 0.0172. The molecule has 0 saturated heterocycles. The molecule has 2 aliphatic carbocycles. The van der Waals surface area contributed by atoms with Crippen molar-refractivity contribution in [2.24, 2.45) is 11.3 Å². The summed E-state index contributed by atoms with van der Waals surface area (Å²) in [5, 5.41) is 9.54. The van der Waals surface area contributed by atoms with Crippen molar-refractivity contribution < 1.29 is 5.11 Å². The van der Waals surface area contributed by atoms with Crippen LogP contribution >= 0.6 is 0 Å². The maximum Gasteiger partial charge on any atom is 0.0543 e. The third-order valence-electron chi connectivity index (χ3n) is 3.76. The van der Waals surface area contributed by atoms with Crippen LogP contribution in [0.15, 0.2) is 12.2 Å². The SMILES string of the molecule is C[C@@]12CC=CC[C@@H]1C[C@H](O)CC2. The van der Waals surface area contributed by atoms with Gasteiger partial charge in [0.15, 0.2) is 0 Å². The molecule has 1 nitrogen and oxygen atoms in total. The van der Waals surface area contributed by atoms with Crippen molar-refractivity contribution >= 4 is 0 Å². The number of rotatable bonds is 0. The van der Waals surface area contributed by atoms with Crippen molar-refractivity contribution in [2.45, 2.75) is 45.1 Å². The van der Waals surface area contributed by atoms with Gasteiger partial charge in [0.1, 0.15) is 0 Å². The molecular formula is C11H18O. The van der Waals surface area contributed by atoms with E-state index in [0.29, 0.717) is 5.41 Å². The minimum absolute atomic E-state index is 0.0189. The van der Waals surface area contributed by atoms with Gasteiger partial charge < -0.3 is 5.11 Å². The average Bonchev–Trinajstić information content (AvgIpc) is 2.06. The van der Waals surface area contributed by atoms with E-state index in [9.17, 15) is 5.11 Å². The van der Waals surface area contributed by atoms with Crippen LogP contribution in [0.25, 0.3) is 0 Å². The summed E-state index contributed by atoms with van der Waals surface area (Å²) < 4.78 is 0. The van der Waals surface area contributed by atoms with Gasteiger partial charge in [-0.15, -0.1) is 0 Å². The number of allylic oxidation sites excluding steroid dienone is 2. The quantitative estimate of drug-likeness (QED) is 0.548. The summed E-state index contributed by atoms with van der Waals surface area (Å²) in [6.45, 7) is 2.38. The monoisotopic (exact) mass is 166 g/mol. The van der Waals surface area contributed by atoms with Crippen molar-refractivity contribution in [3.8, 4) is 0 Å². The fourth-order valence-electron chi connectivity index (χ4n) is 2.69. The third-order valence-corrected chi connectivity index (χ3v) is 3.76. The van der Waals surface area contributed by atoms with Gasteiger partial charge in [-0.1, -0.05) is 19.1 Å². The smallest absolute Gasteiger partial charge is 0.0543 e. The minimum atomic E-state index is -0.0189. The fourth-order valence-corrected chi connectivity index (χ4v) is 2.69. The van der Waals surface area contributed by atoms with E-state index >= 15 is 0 Å². The summed E-state index contributed by atoms with van der Waals surface area (Å²) in [6.07, 6.45) is 10.2. The molecule has 0 aromatic rings. The predicted molar refractivity (Wildman–Crippen MR) is 49.8 cm³/mol. The van der Waals surface area contributed by atoms with Gasteiger partial charge in [-0.3, -0.25) is 0 Å². The van der Waals surface area contributed by atoms with Gasteiger partial charge in [0.2, 0.25) is 0 Å². The molecule has 0 amide bonds. The molecule has 0 spiro atoms. The molecule has 68 valence electrons. The van der Waals surface area contributed by atoms with E-state index in [1.54, 1.807) is 0 Å². The molecule has 1 N–H and O–H groups in total. The van der Waals surface area contributed by atoms with Crippen LogP contribution in [-0.4, -0.2) is 11.2 Å². The maximum atomic E-state index is 9.54. The first-order valence-electron chi connectivity index (χ1n) is 5.04. The van der Waals surface area contributed by atoms with Crippen LogP contribution in [0.3, 0.4) is 0 Å². The van der Waals surface area contributed by atoms with Gasteiger partial charge in [0, 0.05) is 0 Å². The van der Waals surface area contributed by atoms with Crippen molar-refractivity contribution in [1.82, 2.24) is 0 Å². The van der Waals surface area contributed by atoms with Gasteiger partial charge in [-0.2, -0.15) is 0 Å². The molecule has 0 bridgehead atoms. The van der Waals surface area contributed by atoms with Gasteiger partial charge >= 0.3 is 0 Å². The molecular weight excluding hydrogens is 148 g/mol. The molecule has 0 unspecified atom stereocenters. The topological polar surface area (TPSA) is 20.2 Å². The maximum absolute atomic E-state index is 9.54. The number of fused-ring (bicyclic) bond motifs is 1. The van der Waals surface area contributed by atoms with Crippen LogP contribution in [0, 0.1) is 11.3 Å². The van der Waals surface area contributed by atoms with Crippen molar-refractivity contribution in [3.05, 3.63) is 12.2 Å². The Balaban J connectivity index is 2.13. The summed E-state index contributed by atoms with van der Waals surface area (Å²) in [4.78, 5) is 0. The van der Waals surface area contributed by atoms with Crippen LogP contribution < -0.4 is 0 Å². The van der Waals surface area contributed by atoms with Gasteiger partial charge in [-0.25, -0.2) is 0 Å². The Morgan fingerprint density at radius 1 is 1.42 bits per heavy atom. The van der Waals surface area contributed by atoms with Crippen LogP contribution in [0.5, 0.6) is 0 Å². The number of aliphatic hydroxyl groups is 1. The molecule has 2 rings (SSSR count). The summed E-state index contributed by atoms with van der Waals surface area (Å²) in [6, 6.07) is 0. The summed E-state index contributed by atoms with van der Waals surface area (Å²) in [5.74, 6) is 0.742. The Kier molecular flexibility index (Phi) is 1.99. The predicted octanol–water partition coefficient (Wildman–Crippen LogP) is 2.50. The number of hydrogen-bond acceptors (Lipinski definition) is 1. The molecule has 0 aromatic carbocycles. The second-order valence-electron chi connectivity index (χ2n) is 4.69. The van der Waals surface area contributed by atoms with E-state index in [1.165, 1.54) is 19.3 Å². The number of hydrogen-bond donors (Lipinski definition) is 1. The molecule has 3 atom stereocenters. The van der Waals surface area contributed by atoms with Gasteiger partial charge in [-0.05, 0) is 43.4 Å². The Labute approximate surface area is 74.5 Å². The zero-order chi connectivity index (χ0) is 8.60. The molecule has 1 saturated carbocycles. The Morgan fingerprint density at radius 3 is 3.08 bits per heavy atom. The van der Waals surface area contributed by atoms with E-state index in [-0.39, 0.29) is 6.10 Å². The molecule has 0 aromatic heterocycles. The van der Waals surface area contributed by atoms with E-state index < -0.39 is 0 Å². The first-order chi connectivity index (χ1) is 5.71. The standard InChI is InChI=1S/C11H18O/c1-11-6-3-2-4-9(11)8-10(12)5-7-11/h2-3,9-10,12H,4-8H2,1H3/t9-,10-,11+/m1/s1. The van der Waals surface area contributed by atoms with Crippen LogP contribution in [0.1, 0.15) is 39.0 Å². The van der Waals surface area contributed by atoms with Crippen LogP contribution in [-0.2, 0) is 0 Å². The van der Waals surface area contributed by atoms with Crippen molar-refractivity contribution in [2.75, 3.05) is 0 Å². The Morgan fingerprint density at radius 2 is 2.25 bits per heavy atom. The first-order valence-corrected chi connectivity index (χ1v) is 5.04. The molecule has 0 heterocycles. The van der Waals surface area contributed by atoms with Crippen molar-refractivity contribution in [3.63, 3.8) is 0 Å².